The van der Waals surface area contributed by atoms with E-state index < -0.39 is 109 Å². The fourth-order valence-corrected chi connectivity index (χ4v) is 15.5. The Morgan fingerprint density at radius 2 is 1.43 bits per heavy atom. The minimum absolute atomic E-state index is 0.0638. The van der Waals surface area contributed by atoms with Crippen molar-refractivity contribution >= 4 is 11.9 Å². The summed E-state index contributed by atoms with van der Waals surface area (Å²) in [5.41, 5.74) is -3.46. The van der Waals surface area contributed by atoms with Crippen LogP contribution < -0.4 is 0 Å². The molecule has 0 amide bonds. The molecule has 0 unspecified atom stereocenters. The summed E-state index contributed by atoms with van der Waals surface area (Å²) < 4.78 is 43.6. The molecule has 0 bridgehead atoms. The van der Waals surface area contributed by atoms with Crippen LogP contribution in [0.5, 0.6) is 0 Å². The maximum Gasteiger partial charge on any atom is 0.303 e. The lowest BCUT2D eigenvalue weighted by Gasteiger charge is -2.65. The number of aliphatic hydroxyl groups is 7. The first-order valence-corrected chi connectivity index (χ1v) is 22.6. The molecule has 8 aliphatic rings. The molecule has 0 aromatic heterocycles. The van der Waals surface area contributed by atoms with Crippen molar-refractivity contribution in [2.45, 2.75) is 211 Å². The number of carbonyl (C=O) groups excluding carboxylic acids is 2. The zero-order chi connectivity index (χ0) is 44.6. The molecule has 16 heteroatoms. The van der Waals surface area contributed by atoms with Gasteiger partial charge >= 0.3 is 11.9 Å². The van der Waals surface area contributed by atoms with Gasteiger partial charge in [-0.1, -0.05) is 27.7 Å². The molecular formula is C45H72O16. The zero-order valence-corrected chi connectivity index (χ0v) is 37.3. The first-order valence-electron chi connectivity index (χ1n) is 22.6. The minimum atomic E-state index is -1.63. The standard InChI is InChI=1S/C45H72O16/c1-21(47)56-33-24(50)19-55-38(34(33)57-22(2)48)60-28-11-13-45-20-44(45)15-14-41(7)35(43(9)12-10-29(61-43)40(5,6)54)23(49)17-42(41,8)27(44)16-25(36(45)39(28,3)4)58-37-32(53)31(52)30(51)26(18-46)59-37/h23-38,46,49-54H,10-20H2,1-9H3/t23-,24+,25-,26+,27-,28-,29+,30+,31-,32+,33-,34+,35-,36+,37+,38-,41+,42-,43-,44-,45+/m0/s1. The molecule has 0 aromatic carbocycles. The van der Waals surface area contributed by atoms with Crippen LogP contribution in [-0.2, 0) is 42.7 Å². The fourth-order valence-electron chi connectivity index (χ4n) is 15.5. The summed E-state index contributed by atoms with van der Waals surface area (Å²) in [6.07, 6.45) is -7.80. The molecule has 16 nitrogen and oxygen atoms in total. The van der Waals surface area contributed by atoms with Crippen molar-refractivity contribution in [2.75, 3.05) is 13.2 Å². The summed E-state index contributed by atoms with van der Waals surface area (Å²) in [6, 6.07) is 0. The van der Waals surface area contributed by atoms with Gasteiger partial charge in [0.2, 0.25) is 0 Å². The first kappa shape index (κ1) is 46.0. The third kappa shape index (κ3) is 6.89. The van der Waals surface area contributed by atoms with E-state index in [1.165, 1.54) is 13.8 Å². The molecule has 3 aliphatic heterocycles. The van der Waals surface area contributed by atoms with Crippen molar-refractivity contribution in [3.05, 3.63) is 0 Å². The summed E-state index contributed by atoms with van der Waals surface area (Å²) in [5.74, 6) is -1.67. The van der Waals surface area contributed by atoms with Crippen LogP contribution in [-0.4, -0.2) is 152 Å². The molecule has 7 N–H and O–H groups in total. The number of carbonyl (C=O) groups is 2. The highest BCUT2D eigenvalue weighted by atomic mass is 16.7. The van der Waals surface area contributed by atoms with Crippen LogP contribution in [0.1, 0.15) is 120 Å². The van der Waals surface area contributed by atoms with E-state index >= 15 is 0 Å². The van der Waals surface area contributed by atoms with Crippen molar-refractivity contribution in [3.63, 3.8) is 0 Å². The predicted molar refractivity (Wildman–Crippen MR) is 213 cm³/mol. The number of ether oxygens (including phenoxy) is 7. The van der Waals surface area contributed by atoms with Gasteiger partial charge in [-0.3, -0.25) is 9.59 Å². The van der Waals surface area contributed by atoms with Crippen molar-refractivity contribution in [1.29, 1.82) is 0 Å². The van der Waals surface area contributed by atoms with Gasteiger partial charge in [0.25, 0.3) is 0 Å². The highest BCUT2D eigenvalue weighted by molar-refractivity contribution is 5.67. The van der Waals surface area contributed by atoms with Gasteiger partial charge in [-0.05, 0) is 117 Å². The third-order valence-corrected chi connectivity index (χ3v) is 18.2. The lowest BCUT2D eigenvalue weighted by molar-refractivity contribution is -0.339. The first-order chi connectivity index (χ1) is 28.3. The second-order valence-electron chi connectivity index (χ2n) is 22.2. The van der Waals surface area contributed by atoms with Crippen LogP contribution in [0.2, 0.25) is 0 Å². The van der Waals surface area contributed by atoms with E-state index in [1.807, 2.05) is 0 Å². The Hall–Kier alpha value is -1.54. The summed E-state index contributed by atoms with van der Waals surface area (Å²) in [4.78, 5) is 24.5. The van der Waals surface area contributed by atoms with E-state index in [4.69, 9.17) is 33.2 Å². The molecule has 5 saturated carbocycles. The number of rotatable bonds is 9. The Morgan fingerprint density at radius 1 is 0.754 bits per heavy atom. The molecule has 3 saturated heterocycles. The quantitative estimate of drug-likeness (QED) is 0.129. The second-order valence-corrected chi connectivity index (χ2v) is 22.2. The summed E-state index contributed by atoms with van der Waals surface area (Å²) in [7, 11) is 0. The SMILES string of the molecule is CC(=O)O[C@@H]1[C@@H](OC(C)=O)[C@H](O[C@H]2CC[C@]34C[C@]35CC[C@]3(C)[C@@H]([C@]6(C)CC[C@H](C(C)(C)O)O6)[C@@H](O)C[C@@]3(C)[C@@H]5C[C@H](O[C@@H]3O[C@H](CO)[C@@H](O)[C@H](O)[C@H]3O)[C@@H]4C2(C)C)OC[C@H]1O. The smallest absolute Gasteiger partial charge is 0.303 e. The third-order valence-electron chi connectivity index (χ3n) is 18.2. The normalized spacial score (nSPS) is 53.8. The van der Waals surface area contributed by atoms with Crippen LogP contribution in [0.15, 0.2) is 0 Å². The molecule has 0 aromatic rings. The van der Waals surface area contributed by atoms with Crippen molar-refractivity contribution < 1.29 is 78.5 Å². The zero-order valence-electron chi connectivity index (χ0n) is 37.3. The fraction of sp³-hybridized carbons (Fsp3) is 0.956. The van der Waals surface area contributed by atoms with E-state index in [1.54, 1.807) is 13.8 Å². The van der Waals surface area contributed by atoms with Crippen LogP contribution in [0.4, 0.5) is 0 Å². The van der Waals surface area contributed by atoms with Gasteiger partial charge < -0.3 is 68.9 Å². The van der Waals surface area contributed by atoms with Crippen molar-refractivity contribution in [2.24, 2.45) is 44.8 Å². The number of fused-ring (bicyclic) bond motifs is 2. The van der Waals surface area contributed by atoms with Gasteiger partial charge in [0, 0.05) is 19.8 Å². The Labute approximate surface area is 358 Å². The van der Waals surface area contributed by atoms with Crippen molar-refractivity contribution in [1.82, 2.24) is 0 Å². The van der Waals surface area contributed by atoms with Gasteiger partial charge in [0.05, 0.1) is 48.8 Å². The second kappa shape index (κ2) is 15.3. The van der Waals surface area contributed by atoms with Gasteiger partial charge in [-0.2, -0.15) is 0 Å². The predicted octanol–water partition coefficient (Wildman–Crippen LogP) is 1.87. The maximum atomic E-state index is 12.4. The number of esters is 2. The highest BCUT2D eigenvalue weighted by Gasteiger charge is 2.85. The molecule has 21 atom stereocenters. The molecule has 0 radical (unpaired) electrons. The van der Waals surface area contributed by atoms with E-state index in [2.05, 4.69) is 34.6 Å². The Morgan fingerprint density at radius 3 is 2.05 bits per heavy atom. The number of aliphatic hydroxyl groups excluding tert-OH is 6. The lowest BCUT2D eigenvalue weighted by Crippen LogP contribution is -2.65. The Kier molecular flexibility index (Phi) is 11.5. The Bertz CT molecular complexity index is 1680. The molecule has 2 spiro atoms. The average molecular weight is 869 g/mol. The largest absolute Gasteiger partial charge is 0.455 e. The molecule has 61 heavy (non-hydrogen) atoms. The Balaban J connectivity index is 1.15. The molecule has 3 heterocycles. The highest BCUT2D eigenvalue weighted by Crippen LogP contribution is 2.89. The van der Waals surface area contributed by atoms with Gasteiger partial charge in [-0.15, -0.1) is 0 Å². The number of hydrogen-bond acceptors (Lipinski definition) is 16. The van der Waals surface area contributed by atoms with Crippen LogP contribution >= 0.6 is 0 Å². The lowest BCUT2D eigenvalue weighted by atomic mass is 9.41. The van der Waals surface area contributed by atoms with Crippen LogP contribution in [0, 0.1) is 44.8 Å². The summed E-state index contributed by atoms with van der Waals surface area (Å²) in [5, 5.41) is 77.1. The van der Waals surface area contributed by atoms with Gasteiger partial charge in [-0.25, -0.2) is 0 Å². The summed E-state index contributed by atoms with van der Waals surface area (Å²) >= 11 is 0. The minimum Gasteiger partial charge on any atom is -0.455 e. The molecule has 5 aliphatic carbocycles. The molecule has 348 valence electrons. The average Bonchev–Trinajstić information content (AvgIpc) is 3.52. The van der Waals surface area contributed by atoms with E-state index in [-0.39, 0.29) is 52.1 Å². The molecule has 8 rings (SSSR count). The van der Waals surface area contributed by atoms with Crippen LogP contribution in [0.3, 0.4) is 0 Å². The van der Waals surface area contributed by atoms with E-state index in [0.717, 1.165) is 32.1 Å². The maximum absolute atomic E-state index is 12.4. The summed E-state index contributed by atoms with van der Waals surface area (Å²) in [6.45, 7) is 16.1. The molecule has 8 fully saturated rings. The van der Waals surface area contributed by atoms with E-state index in [9.17, 15) is 45.3 Å². The van der Waals surface area contributed by atoms with Gasteiger partial charge in [0.15, 0.2) is 24.8 Å². The molecular weight excluding hydrogens is 796 g/mol. The van der Waals surface area contributed by atoms with Gasteiger partial charge in [0.1, 0.15) is 30.5 Å². The van der Waals surface area contributed by atoms with Crippen molar-refractivity contribution in [3.8, 4) is 0 Å². The van der Waals surface area contributed by atoms with E-state index in [0.29, 0.717) is 25.7 Å². The monoisotopic (exact) mass is 868 g/mol. The van der Waals surface area contributed by atoms with Crippen LogP contribution in [0.25, 0.3) is 0 Å². The number of hydrogen-bond donors (Lipinski definition) is 7. The topological polar surface area (TPSA) is 240 Å².